The van der Waals surface area contributed by atoms with Gasteiger partial charge in [-0.1, -0.05) is 34.1 Å². The normalized spacial score (nSPS) is 8.13. The Morgan fingerprint density at radius 2 is 1.73 bits per heavy atom. The molecule has 0 radical (unpaired) electrons. The van der Waals surface area contributed by atoms with Crippen molar-refractivity contribution in [3.63, 3.8) is 0 Å². The fourth-order valence-electron chi connectivity index (χ4n) is 0.182. The minimum Gasteiger partial charge on any atom is -0.481 e. The van der Waals surface area contributed by atoms with E-state index in [1.165, 1.54) is 6.42 Å². The smallest absolute Gasteiger partial charge is 0.303 e. The molecule has 0 unspecified atom stereocenters. The van der Waals surface area contributed by atoms with Gasteiger partial charge in [0, 0.05) is 12.5 Å². The van der Waals surface area contributed by atoms with Crippen molar-refractivity contribution in [2.75, 3.05) is 7.05 Å². The Morgan fingerprint density at radius 1 is 1.40 bits per heavy atom. The fraction of sp³-hybridized carbons (Fsp3) is 0.818. The molecule has 0 fully saturated rings. The lowest BCUT2D eigenvalue weighted by molar-refractivity contribution is -0.137. The Hall–Kier alpha value is -0.900. The van der Waals surface area contributed by atoms with Crippen molar-refractivity contribution < 1.29 is 14.7 Å². The summed E-state index contributed by atoms with van der Waals surface area (Å²) in [5.74, 6) is -0.924. The second-order valence-corrected chi connectivity index (χ2v) is 3.25. The Kier molecular flexibility index (Phi) is 24.6. The third-order valence-corrected chi connectivity index (χ3v) is 1.05. The van der Waals surface area contributed by atoms with Crippen molar-refractivity contribution in [3.05, 3.63) is 0 Å². The van der Waals surface area contributed by atoms with Gasteiger partial charge in [0.25, 0.3) is 0 Å². The van der Waals surface area contributed by atoms with Crippen LogP contribution in [0.1, 0.15) is 47.0 Å². The Labute approximate surface area is 93.1 Å². The average Bonchev–Trinajstić information content (AvgIpc) is 2.16. The second kappa shape index (κ2) is 18.8. The average molecular weight is 219 g/mol. The lowest BCUT2D eigenvalue weighted by Crippen LogP contribution is -2.15. The fourth-order valence-corrected chi connectivity index (χ4v) is 0.182. The van der Waals surface area contributed by atoms with Crippen LogP contribution in [0.5, 0.6) is 0 Å². The first-order valence-electron chi connectivity index (χ1n) is 5.28. The zero-order valence-corrected chi connectivity index (χ0v) is 10.5. The molecule has 0 aromatic heterocycles. The van der Waals surface area contributed by atoms with Crippen LogP contribution < -0.4 is 5.32 Å². The molecule has 0 rings (SSSR count). The van der Waals surface area contributed by atoms with E-state index in [1.807, 2.05) is 7.05 Å². The van der Waals surface area contributed by atoms with Crippen LogP contribution in [-0.4, -0.2) is 30.5 Å². The maximum Gasteiger partial charge on any atom is 0.303 e. The molecular formula is C11H25NO3. The number of carbonyl (C=O) groups is 2. The van der Waals surface area contributed by atoms with Crippen LogP contribution in [0.4, 0.5) is 0 Å². The molecule has 2 N–H and O–H groups in total. The molecule has 0 saturated heterocycles. The van der Waals surface area contributed by atoms with Crippen LogP contribution in [-0.2, 0) is 9.59 Å². The summed E-state index contributed by atoms with van der Waals surface area (Å²) in [4.78, 5) is 19.0. The number of carbonyl (C=O) groups excluding carboxylic acids is 1. The van der Waals surface area contributed by atoms with Crippen LogP contribution in [0.3, 0.4) is 0 Å². The van der Waals surface area contributed by atoms with Gasteiger partial charge in [-0.25, -0.2) is 0 Å². The first-order valence-corrected chi connectivity index (χ1v) is 5.28. The van der Waals surface area contributed by atoms with Gasteiger partial charge < -0.3 is 15.2 Å². The molecule has 0 aliphatic rings. The summed E-state index contributed by atoms with van der Waals surface area (Å²) >= 11 is 0. The van der Waals surface area contributed by atoms with E-state index in [-0.39, 0.29) is 12.8 Å². The Balaban J connectivity index is -0.000000158. The number of rotatable bonds is 4. The highest BCUT2D eigenvalue weighted by molar-refractivity contribution is 5.70. The largest absolute Gasteiger partial charge is 0.481 e. The molecule has 0 aliphatic carbocycles. The van der Waals surface area contributed by atoms with E-state index in [9.17, 15) is 9.59 Å². The molecule has 92 valence electrons. The van der Waals surface area contributed by atoms with Gasteiger partial charge in [0.05, 0.1) is 6.42 Å². The van der Waals surface area contributed by atoms with Gasteiger partial charge in [-0.2, -0.15) is 0 Å². The van der Waals surface area contributed by atoms with E-state index in [4.69, 9.17) is 5.11 Å². The molecule has 4 nitrogen and oxygen atoms in total. The quantitative estimate of drug-likeness (QED) is 0.710. The number of aldehydes is 1. The maximum atomic E-state index is 9.60. The summed E-state index contributed by atoms with van der Waals surface area (Å²) in [6.07, 6.45) is 1.91. The summed E-state index contributed by atoms with van der Waals surface area (Å²) in [7, 11) is 1.95. The molecule has 0 aromatic rings. The minimum atomic E-state index is -0.924. The molecule has 0 aliphatic heterocycles. The predicted octanol–water partition coefficient (Wildman–Crippen LogP) is 2.08. The van der Waals surface area contributed by atoms with E-state index < -0.39 is 5.97 Å². The highest BCUT2D eigenvalue weighted by Crippen LogP contribution is 1.80. The van der Waals surface area contributed by atoms with Crippen molar-refractivity contribution in [1.82, 2.24) is 5.32 Å². The minimum absolute atomic E-state index is 0.0521. The van der Waals surface area contributed by atoms with Crippen molar-refractivity contribution in [2.24, 2.45) is 0 Å². The molecule has 0 amide bonds. The van der Waals surface area contributed by atoms with E-state index in [0.717, 1.165) is 0 Å². The van der Waals surface area contributed by atoms with Gasteiger partial charge in [-0.05, 0) is 7.05 Å². The SMILES string of the molecule is CCC.CNC(C)C.O=CCCC(=O)O. The summed E-state index contributed by atoms with van der Waals surface area (Å²) < 4.78 is 0. The first-order chi connectivity index (χ1) is 6.95. The Bertz CT molecular complexity index is 136. The molecule has 0 spiro atoms. The summed E-state index contributed by atoms with van der Waals surface area (Å²) in [6.45, 7) is 8.47. The van der Waals surface area contributed by atoms with Gasteiger partial charge >= 0.3 is 5.97 Å². The second-order valence-electron chi connectivity index (χ2n) is 3.25. The van der Waals surface area contributed by atoms with Crippen molar-refractivity contribution in [2.45, 2.75) is 53.0 Å². The highest BCUT2D eigenvalue weighted by Gasteiger charge is 1.91. The highest BCUT2D eigenvalue weighted by atomic mass is 16.4. The monoisotopic (exact) mass is 219 g/mol. The van der Waals surface area contributed by atoms with Gasteiger partial charge in [0.2, 0.25) is 0 Å². The molecule has 15 heavy (non-hydrogen) atoms. The van der Waals surface area contributed by atoms with Crippen LogP contribution >= 0.6 is 0 Å². The lowest BCUT2D eigenvalue weighted by Gasteiger charge is -1.95. The van der Waals surface area contributed by atoms with Crippen LogP contribution in [0, 0.1) is 0 Å². The number of hydrogen-bond acceptors (Lipinski definition) is 3. The number of carboxylic acid groups (broad SMARTS) is 1. The molecule has 0 atom stereocenters. The standard InChI is InChI=1S/C4H11N.C4H6O3.C3H8/c1-4(2)5-3;5-3-1-2-4(6)7;1-3-2/h4-5H,1-3H3;3H,1-2H2,(H,6,7);3H2,1-2H3. The van der Waals surface area contributed by atoms with E-state index in [1.54, 1.807) is 0 Å². The number of nitrogens with one attached hydrogen (secondary N) is 1. The molecular weight excluding hydrogens is 194 g/mol. The predicted molar refractivity (Wildman–Crippen MR) is 63.1 cm³/mol. The lowest BCUT2D eigenvalue weighted by atomic mass is 10.3. The maximum absolute atomic E-state index is 9.60. The number of hydrogen-bond donors (Lipinski definition) is 2. The number of carboxylic acids is 1. The van der Waals surface area contributed by atoms with E-state index in [2.05, 4.69) is 33.0 Å². The van der Waals surface area contributed by atoms with Crippen LogP contribution in [0.2, 0.25) is 0 Å². The molecule has 0 saturated carbocycles. The third kappa shape index (κ3) is 62.1. The summed E-state index contributed by atoms with van der Waals surface area (Å²) in [6, 6.07) is 0.634. The van der Waals surface area contributed by atoms with E-state index in [0.29, 0.717) is 12.3 Å². The molecule has 0 bridgehead atoms. The van der Waals surface area contributed by atoms with Gasteiger partial charge in [0.15, 0.2) is 0 Å². The number of aliphatic carboxylic acids is 1. The van der Waals surface area contributed by atoms with Gasteiger partial charge in [0.1, 0.15) is 6.29 Å². The zero-order valence-electron chi connectivity index (χ0n) is 10.5. The summed E-state index contributed by atoms with van der Waals surface area (Å²) in [5.41, 5.74) is 0. The van der Waals surface area contributed by atoms with Crippen molar-refractivity contribution in [3.8, 4) is 0 Å². The van der Waals surface area contributed by atoms with Gasteiger partial charge in [-0.3, -0.25) is 4.79 Å². The van der Waals surface area contributed by atoms with Crippen molar-refractivity contribution in [1.29, 1.82) is 0 Å². The third-order valence-electron chi connectivity index (χ3n) is 1.05. The molecule has 4 heteroatoms. The van der Waals surface area contributed by atoms with Gasteiger partial charge in [-0.15, -0.1) is 0 Å². The Morgan fingerprint density at radius 3 is 1.80 bits per heavy atom. The molecule has 0 heterocycles. The molecule has 0 aromatic carbocycles. The zero-order chi connectivity index (χ0) is 12.7. The topological polar surface area (TPSA) is 66.4 Å². The van der Waals surface area contributed by atoms with Crippen molar-refractivity contribution >= 4 is 12.3 Å². The summed E-state index contributed by atoms with van der Waals surface area (Å²) in [5, 5.41) is 10.9. The van der Waals surface area contributed by atoms with Crippen LogP contribution in [0.25, 0.3) is 0 Å². The van der Waals surface area contributed by atoms with Crippen LogP contribution in [0.15, 0.2) is 0 Å². The van der Waals surface area contributed by atoms with E-state index >= 15 is 0 Å². The first kappa shape index (κ1) is 19.6.